The van der Waals surface area contributed by atoms with Gasteiger partial charge in [0, 0.05) is 12.1 Å². The van der Waals surface area contributed by atoms with Gasteiger partial charge in [-0.15, -0.1) is 10.2 Å². The number of nitrogens with zero attached hydrogens (tertiary/aromatic N) is 3. The van der Waals surface area contributed by atoms with E-state index in [0.717, 1.165) is 6.42 Å². The highest BCUT2D eigenvalue weighted by molar-refractivity contribution is 7.99. The standard InChI is InChI=1S/C16H22FN5OS/c1-16(2,3)8-9-19-13(23)10-24-15-21-20-14(22(15)18)11-4-6-12(17)7-5-11/h4-7H,8-10,18H2,1-3H3,(H,19,23). The first-order valence-electron chi connectivity index (χ1n) is 7.62. The minimum Gasteiger partial charge on any atom is -0.355 e. The molecule has 0 aliphatic heterocycles. The van der Waals surface area contributed by atoms with Crippen LogP contribution in [0, 0.1) is 11.2 Å². The Balaban J connectivity index is 1.90. The summed E-state index contributed by atoms with van der Waals surface area (Å²) in [5.41, 5.74) is 0.843. The van der Waals surface area contributed by atoms with E-state index in [4.69, 9.17) is 5.84 Å². The predicted molar refractivity (Wildman–Crippen MR) is 93.4 cm³/mol. The van der Waals surface area contributed by atoms with Gasteiger partial charge in [0.1, 0.15) is 5.82 Å². The van der Waals surface area contributed by atoms with Crippen LogP contribution in [0.4, 0.5) is 4.39 Å². The van der Waals surface area contributed by atoms with Gasteiger partial charge in [0.15, 0.2) is 5.82 Å². The summed E-state index contributed by atoms with van der Waals surface area (Å²) in [7, 11) is 0. The fourth-order valence-electron chi connectivity index (χ4n) is 1.93. The monoisotopic (exact) mass is 351 g/mol. The average Bonchev–Trinajstić information content (AvgIpc) is 2.86. The van der Waals surface area contributed by atoms with Gasteiger partial charge in [-0.25, -0.2) is 9.07 Å². The molecule has 8 heteroatoms. The molecule has 6 nitrogen and oxygen atoms in total. The fourth-order valence-corrected chi connectivity index (χ4v) is 2.62. The molecule has 0 spiro atoms. The van der Waals surface area contributed by atoms with Crippen molar-refractivity contribution < 1.29 is 9.18 Å². The SMILES string of the molecule is CC(C)(C)CCNC(=O)CSc1nnc(-c2ccc(F)cc2)n1N. The maximum Gasteiger partial charge on any atom is 0.230 e. The van der Waals surface area contributed by atoms with Crippen LogP contribution in [-0.2, 0) is 4.79 Å². The van der Waals surface area contributed by atoms with E-state index in [1.165, 1.54) is 28.6 Å². The summed E-state index contributed by atoms with van der Waals surface area (Å²) < 4.78 is 14.3. The highest BCUT2D eigenvalue weighted by atomic mass is 32.2. The molecule has 1 heterocycles. The molecule has 0 bridgehead atoms. The zero-order chi connectivity index (χ0) is 17.7. The summed E-state index contributed by atoms with van der Waals surface area (Å²) in [5, 5.41) is 11.3. The number of nitrogen functional groups attached to an aromatic ring is 1. The van der Waals surface area contributed by atoms with E-state index >= 15 is 0 Å². The molecule has 2 aromatic rings. The summed E-state index contributed by atoms with van der Waals surface area (Å²) in [6.07, 6.45) is 0.908. The molecule has 2 rings (SSSR count). The van der Waals surface area contributed by atoms with Crippen molar-refractivity contribution in [2.24, 2.45) is 5.41 Å². The van der Waals surface area contributed by atoms with E-state index in [-0.39, 0.29) is 22.9 Å². The number of aromatic nitrogens is 3. The topological polar surface area (TPSA) is 85.8 Å². The van der Waals surface area contributed by atoms with Crippen molar-refractivity contribution >= 4 is 17.7 Å². The second-order valence-corrected chi connectivity index (χ2v) is 7.57. The number of amides is 1. The molecule has 24 heavy (non-hydrogen) atoms. The van der Waals surface area contributed by atoms with Crippen LogP contribution in [0.1, 0.15) is 27.2 Å². The minimum absolute atomic E-state index is 0.0735. The number of hydrogen-bond acceptors (Lipinski definition) is 5. The fraction of sp³-hybridized carbons (Fsp3) is 0.438. The molecular weight excluding hydrogens is 329 g/mol. The highest BCUT2D eigenvalue weighted by Gasteiger charge is 2.14. The molecule has 1 aromatic carbocycles. The van der Waals surface area contributed by atoms with Gasteiger partial charge in [0.2, 0.25) is 11.1 Å². The number of nitrogens with two attached hydrogens (primary N) is 1. The first kappa shape index (κ1) is 18.3. The summed E-state index contributed by atoms with van der Waals surface area (Å²) in [5.74, 6) is 6.19. The van der Waals surface area contributed by atoms with E-state index < -0.39 is 0 Å². The second kappa shape index (κ2) is 7.65. The number of carbonyl (C=O) groups excluding carboxylic acids is 1. The van der Waals surface area contributed by atoms with Crippen molar-refractivity contribution in [2.75, 3.05) is 18.1 Å². The van der Waals surface area contributed by atoms with Crippen LogP contribution in [0.15, 0.2) is 29.4 Å². The van der Waals surface area contributed by atoms with Gasteiger partial charge in [0.05, 0.1) is 5.75 Å². The molecule has 0 unspecified atom stereocenters. The number of hydrogen-bond donors (Lipinski definition) is 2. The van der Waals surface area contributed by atoms with Crippen LogP contribution in [0.25, 0.3) is 11.4 Å². The van der Waals surface area contributed by atoms with Crippen LogP contribution in [0.3, 0.4) is 0 Å². The zero-order valence-electron chi connectivity index (χ0n) is 14.0. The van der Waals surface area contributed by atoms with E-state index in [1.807, 2.05) is 0 Å². The van der Waals surface area contributed by atoms with Crippen molar-refractivity contribution in [1.29, 1.82) is 0 Å². The van der Waals surface area contributed by atoms with Crippen molar-refractivity contribution in [3.8, 4) is 11.4 Å². The third-order valence-corrected chi connectivity index (χ3v) is 4.24. The predicted octanol–water partition coefficient (Wildman–Crippen LogP) is 2.44. The Labute approximate surface area is 145 Å². The van der Waals surface area contributed by atoms with Gasteiger partial charge in [-0.3, -0.25) is 4.79 Å². The zero-order valence-corrected chi connectivity index (χ0v) is 14.9. The van der Waals surface area contributed by atoms with Gasteiger partial charge < -0.3 is 11.2 Å². The Bertz CT molecular complexity index is 693. The summed E-state index contributed by atoms with van der Waals surface area (Å²) in [4.78, 5) is 11.9. The van der Waals surface area contributed by atoms with Crippen molar-refractivity contribution in [2.45, 2.75) is 32.3 Å². The normalized spacial score (nSPS) is 11.5. The van der Waals surface area contributed by atoms with E-state index in [2.05, 4.69) is 36.3 Å². The lowest BCUT2D eigenvalue weighted by Gasteiger charge is -2.17. The van der Waals surface area contributed by atoms with Crippen LogP contribution in [0.2, 0.25) is 0 Å². The van der Waals surface area contributed by atoms with Crippen molar-refractivity contribution in [3.63, 3.8) is 0 Å². The number of halogens is 1. The molecule has 0 radical (unpaired) electrons. The smallest absolute Gasteiger partial charge is 0.230 e. The summed E-state index contributed by atoms with van der Waals surface area (Å²) in [6.45, 7) is 7.02. The minimum atomic E-state index is -0.330. The summed E-state index contributed by atoms with van der Waals surface area (Å²) >= 11 is 1.21. The van der Waals surface area contributed by atoms with E-state index in [1.54, 1.807) is 12.1 Å². The molecule has 0 aliphatic rings. The number of carbonyl (C=O) groups is 1. The van der Waals surface area contributed by atoms with Gasteiger partial charge in [-0.1, -0.05) is 32.5 Å². The molecular formula is C16H22FN5OS. The number of rotatable bonds is 6. The van der Waals surface area contributed by atoms with Gasteiger partial charge >= 0.3 is 0 Å². The lowest BCUT2D eigenvalue weighted by Crippen LogP contribution is -2.28. The van der Waals surface area contributed by atoms with Gasteiger partial charge in [0.25, 0.3) is 0 Å². The molecule has 3 N–H and O–H groups in total. The number of thioether (sulfide) groups is 1. The molecule has 130 valence electrons. The molecule has 0 aliphatic carbocycles. The Kier molecular flexibility index (Phi) is 5.82. The Morgan fingerprint density at radius 3 is 2.58 bits per heavy atom. The molecule has 0 fully saturated rings. The quantitative estimate of drug-likeness (QED) is 0.617. The number of benzene rings is 1. The van der Waals surface area contributed by atoms with Crippen LogP contribution >= 0.6 is 11.8 Å². The Morgan fingerprint density at radius 2 is 1.96 bits per heavy atom. The Hall–Kier alpha value is -2.09. The lowest BCUT2D eigenvalue weighted by molar-refractivity contribution is -0.118. The molecule has 1 aromatic heterocycles. The third kappa shape index (κ3) is 5.23. The average molecular weight is 351 g/mol. The van der Waals surface area contributed by atoms with Gasteiger partial charge in [-0.05, 0) is 36.1 Å². The largest absolute Gasteiger partial charge is 0.355 e. The first-order valence-corrected chi connectivity index (χ1v) is 8.61. The molecule has 0 atom stereocenters. The lowest BCUT2D eigenvalue weighted by atomic mass is 9.92. The van der Waals surface area contributed by atoms with Crippen LogP contribution in [-0.4, -0.2) is 33.1 Å². The first-order chi connectivity index (χ1) is 11.3. The van der Waals surface area contributed by atoms with Crippen LogP contribution < -0.4 is 11.2 Å². The van der Waals surface area contributed by atoms with E-state index in [9.17, 15) is 9.18 Å². The van der Waals surface area contributed by atoms with Crippen molar-refractivity contribution in [1.82, 2.24) is 20.2 Å². The van der Waals surface area contributed by atoms with Crippen molar-refractivity contribution in [3.05, 3.63) is 30.1 Å². The van der Waals surface area contributed by atoms with E-state index in [0.29, 0.717) is 23.1 Å². The van der Waals surface area contributed by atoms with Crippen LogP contribution in [0.5, 0.6) is 0 Å². The second-order valence-electron chi connectivity index (χ2n) is 6.63. The van der Waals surface area contributed by atoms with Gasteiger partial charge in [-0.2, -0.15) is 0 Å². The molecule has 1 amide bonds. The number of nitrogens with one attached hydrogen (secondary N) is 1. The Morgan fingerprint density at radius 1 is 1.29 bits per heavy atom. The maximum absolute atomic E-state index is 13.0. The maximum atomic E-state index is 13.0. The summed E-state index contributed by atoms with van der Waals surface area (Å²) in [6, 6.07) is 5.83. The molecule has 0 saturated heterocycles. The third-order valence-electron chi connectivity index (χ3n) is 3.30. The molecule has 0 saturated carbocycles. The highest BCUT2D eigenvalue weighted by Crippen LogP contribution is 2.21.